The highest BCUT2D eigenvalue weighted by molar-refractivity contribution is 5.98. The van der Waals surface area contributed by atoms with Crippen LogP contribution in [0.1, 0.15) is 28.8 Å². The summed E-state index contributed by atoms with van der Waals surface area (Å²) in [5.41, 5.74) is 3.45. The molecule has 0 radical (unpaired) electrons. The summed E-state index contributed by atoms with van der Waals surface area (Å²) in [5, 5.41) is 2.89. The van der Waals surface area contributed by atoms with Crippen LogP contribution in [0.2, 0.25) is 0 Å². The molecule has 1 aliphatic carbocycles. The second-order valence-corrected chi connectivity index (χ2v) is 7.07. The van der Waals surface area contributed by atoms with E-state index in [0.29, 0.717) is 17.8 Å². The van der Waals surface area contributed by atoms with Crippen molar-refractivity contribution in [3.05, 3.63) is 59.7 Å². The van der Waals surface area contributed by atoms with E-state index in [4.69, 9.17) is 0 Å². The lowest BCUT2D eigenvalue weighted by atomic mass is 10.1. The number of carbonyl (C=O) groups excluding carboxylic acids is 2. The molecule has 1 aliphatic rings. The zero-order valence-corrected chi connectivity index (χ0v) is 15.5. The lowest BCUT2D eigenvalue weighted by Crippen LogP contribution is -2.26. The van der Waals surface area contributed by atoms with Gasteiger partial charge in [-0.25, -0.2) is 0 Å². The van der Waals surface area contributed by atoms with E-state index in [9.17, 15) is 9.59 Å². The van der Waals surface area contributed by atoms with E-state index >= 15 is 0 Å². The molecule has 5 heteroatoms. The van der Waals surface area contributed by atoms with Gasteiger partial charge in [0.2, 0.25) is 5.91 Å². The Morgan fingerprint density at radius 3 is 2.35 bits per heavy atom. The van der Waals surface area contributed by atoms with E-state index < -0.39 is 0 Å². The molecule has 136 valence electrons. The molecule has 5 nitrogen and oxygen atoms in total. The van der Waals surface area contributed by atoms with Crippen molar-refractivity contribution < 1.29 is 9.59 Å². The van der Waals surface area contributed by atoms with Crippen molar-refractivity contribution in [2.75, 3.05) is 31.4 Å². The van der Waals surface area contributed by atoms with Crippen molar-refractivity contribution in [2.24, 2.45) is 5.92 Å². The van der Waals surface area contributed by atoms with Gasteiger partial charge in [-0.1, -0.05) is 18.2 Å². The van der Waals surface area contributed by atoms with Gasteiger partial charge in [0.25, 0.3) is 5.91 Å². The second kappa shape index (κ2) is 7.60. The Morgan fingerprint density at radius 2 is 1.73 bits per heavy atom. The molecule has 1 N–H and O–H groups in total. The van der Waals surface area contributed by atoms with Gasteiger partial charge < -0.3 is 15.1 Å². The Morgan fingerprint density at radius 1 is 1.04 bits per heavy atom. The molecule has 3 rings (SSSR count). The van der Waals surface area contributed by atoms with E-state index in [1.54, 1.807) is 30.1 Å². The van der Waals surface area contributed by atoms with Crippen molar-refractivity contribution in [1.82, 2.24) is 4.90 Å². The van der Waals surface area contributed by atoms with E-state index in [2.05, 4.69) is 5.32 Å². The van der Waals surface area contributed by atoms with Gasteiger partial charge in [0.15, 0.2) is 0 Å². The van der Waals surface area contributed by atoms with E-state index in [-0.39, 0.29) is 17.7 Å². The van der Waals surface area contributed by atoms with Gasteiger partial charge >= 0.3 is 0 Å². The maximum absolute atomic E-state index is 12.7. The van der Waals surface area contributed by atoms with Crippen LogP contribution < -0.4 is 10.2 Å². The molecule has 0 atom stereocenters. The van der Waals surface area contributed by atoms with Crippen LogP contribution >= 0.6 is 0 Å². The molecule has 26 heavy (non-hydrogen) atoms. The van der Waals surface area contributed by atoms with Gasteiger partial charge in [-0.3, -0.25) is 9.59 Å². The Bertz CT molecular complexity index is 795. The number of nitrogens with zero attached hydrogens (tertiary/aromatic N) is 2. The van der Waals surface area contributed by atoms with E-state index in [1.165, 1.54) is 0 Å². The summed E-state index contributed by atoms with van der Waals surface area (Å²) in [5.74, 6) is 0.121. The minimum absolute atomic E-state index is 0.0453. The number of benzene rings is 2. The van der Waals surface area contributed by atoms with Crippen LogP contribution in [0, 0.1) is 5.92 Å². The molecule has 0 aromatic heterocycles. The summed E-state index contributed by atoms with van der Waals surface area (Å²) >= 11 is 0. The highest BCUT2D eigenvalue weighted by Gasteiger charge is 2.29. The number of rotatable bonds is 6. The molecule has 2 amide bonds. The first kappa shape index (κ1) is 18.0. The average molecular weight is 351 g/mol. The van der Waals surface area contributed by atoms with Crippen LogP contribution in [0.3, 0.4) is 0 Å². The van der Waals surface area contributed by atoms with Crippen LogP contribution in [-0.4, -0.2) is 37.9 Å². The fraction of sp³-hybridized carbons (Fsp3) is 0.333. The monoisotopic (exact) mass is 351 g/mol. The molecule has 1 saturated carbocycles. The summed E-state index contributed by atoms with van der Waals surface area (Å²) in [7, 11) is 5.79. The number of hydrogen-bond donors (Lipinski definition) is 1. The third kappa shape index (κ3) is 4.42. The molecule has 0 aliphatic heterocycles. The van der Waals surface area contributed by atoms with Crippen molar-refractivity contribution >= 4 is 23.2 Å². The van der Waals surface area contributed by atoms with Gasteiger partial charge in [0, 0.05) is 50.5 Å². The summed E-state index contributed by atoms with van der Waals surface area (Å²) in [6.45, 7) is 0.533. The Kier molecular flexibility index (Phi) is 5.26. The highest BCUT2D eigenvalue weighted by Crippen LogP contribution is 2.30. The van der Waals surface area contributed by atoms with Crippen LogP contribution in [0.4, 0.5) is 11.4 Å². The van der Waals surface area contributed by atoms with Crippen LogP contribution in [0.25, 0.3) is 0 Å². The molecular weight excluding hydrogens is 326 g/mol. The normalized spacial score (nSPS) is 13.2. The van der Waals surface area contributed by atoms with Crippen LogP contribution in [-0.2, 0) is 11.3 Å². The Balaban J connectivity index is 1.64. The maximum Gasteiger partial charge on any atom is 0.253 e. The molecular formula is C21H25N3O2. The summed E-state index contributed by atoms with van der Waals surface area (Å²) in [6, 6.07) is 15.3. The molecule has 2 aromatic rings. The predicted molar refractivity (Wildman–Crippen MR) is 104 cm³/mol. The molecule has 0 saturated heterocycles. The van der Waals surface area contributed by atoms with Gasteiger partial charge in [0.05, 0.1) is 0 Å². The van der Waals surface area contributed by atoms with Crippen LogP contribution in [0.15, 0.2) is 48.5 Å². The predicted octanol–water partition coefficient (Wildman–Crippen LogP) is 3.37. The summed E-state index contributed by atoms with van der Waals surface area (Å²) in [4.78, 5) is 28.3. The Labute approximate surface area is 154 Å². The van der Waals surface area contributed by atoms with Crippen molar-refractivity contribution in [3.63, 3.8) is 0 Å². The van der Waals surface area contributed by atoms with Crippen LogP contribution in [0.5, 0.6) is 0 Å². The maximum atomic E-state index is 12.7. The van der Waals surface area contributed by atoms with Crippen molar-refractivity contribution in [1.29, 1.82) is 0 Å². The fourth-order valence-corrected chi connectivity index (χ4v) is 2.79. The van der Waals surface area contributed by atoms with Gasteiger partial charge in [-0.15, -0.1) is 0 Å². The first-order valence-electron chi connectivity index (χ1n) is 8.86. The largest absolute Gasteiger partial charge is 0.378 e. The van der Waals surface area contributed by atoms with Gasteiger partial charge in [0.1, 0.15) is 0 Å². The Hall–Kier alpha value is -2.82. The van der Waals surface area contributed by atoms with Crippen molar-refractivity contribution in [2.45, 2.75) is 19.4 Å². The number of carbonyl (C=O) groups is 2. The zero-order chi connectivity index (χ0) is 18.7. The van der Waals surface area contributed by atoms with E-state index in [1.807, 2.05) is 49.3 Å². The quantitative estimate of drug-likeness (QED) is 0.868. The van der Waals surface area contributed by atoms with E-state index in [0.717, 1.165) is 24.1 Å². The van der Waals surface area contributed by atoms with Gasteiger partial charge in [-0.2, -0.15) is 0 Å². The minimum atomic E-state index is -0.0655. The average Bonchev–Trinajstić information content (AvgIpc) is 3.47. The highest BCUT2D eigenvalue weighted by atomic mass is 16.2. The third-order valence-corrected chi connectivity index (χ3v) is 4.54. The standard InChI is InChI=1S/C21H25N3O2/c1-23(2)19-11-7-15(8-12-19)14-24(3)21(26)17-5-4-6-18(13-17)22-20(25)16-9-10-16/h4-8,11-13,16H,9-10,14H2,1-3H3,(H,22,25). The number of nitrogens with one attached hydrogen (secondary N) is 1. The minimum Gasteiger partial charge on any atom is -0.378 e. The molecule has 0 heterocycles. The topological polar surface area (TPSA) is 52.6 Å². The van der Waals surface area contributed by atoms with Gasteiger partial charge in [-0.05, 0) is 48.7 Å². The summed E-state index contributed by atoms with van der Waals surface area (Å²) in [6.07, 6.45) is 1.92. The first-order chi connectivity index (χ1) is 12.4. The molecule has 0 spiro atoms. The molecule has 0 bridgehead atoms. The number of anilines is 2. The fourth-order valence-electron chi connectivity index (χ4n) is 2.79. The summed E-state index contributed by atoms with van der Waals surface area (Å²) < 4.78 is 0. The zero-order valence-electron chi connectivity index (χ0n) is 15.5. The first-order valence-corrected chi connectivity index (χ1v) is 8.86. The SMILES string of the molecule is CN(Cc1ccc(N(C)C)cc1)C(=O)c1cccc(NC(=O)C2CC2)c1. The molecule has 2 aromatic carbocycles. The lowest BCUT2D eigenvalue weighted by Gasteiger charge is -2.19. The third-order valence-electron chi connectivity index (χ3n) is 4.54. The molecule has 1 fully saturated rings. The number of hydrogen-bond acceptors (Lipinski definition) is 3. The lowest BCUT2D eigenvalue weighted by molar-refractivity contribution is -0.117. The van der Waals surface area contributed by atoms with Crippen molar-refractivity contribution in [3.8, 4) is 0 Å². The smallest absolute Gasteiger partial charge is 0.253 e. The molecule has 0 unspecified atom stereocenters. The second-order valence-electron chi connectivity index (χ2n) is 7.07. The number of amides is 2.